The van der Waals surface area contributed by atoms with E-state index in [4.69, 9.17) is 0 Å². The van der Waals surface area contributed by atoms with Gasteiger partial charge in [0.15, 0.2) is 0 Å². The Kier molecular flexibility index (Phi) is 6.54. The van der Waals surface area contributed by atoms with E-state index >= 15 is 0 Å². The number of nitrogens with zero attached hydrogens (tertiary/aromatic N) is 1. The van der Waals surface area contributed by atoms with Crippen molar-refractivity contribution in [2.75, 3.05) is 18.0 Å². The second-order valence-electron chi connectivity index (χ2n) is 8.56. The summed E-state index contributed by atoms with van der Waals surface area (Å²) in [6.45, 7) is 4.47. The smallest absolute Gasteiger partial charge is 0.119 e. The van der Waals surface area contributed by atoms with Crippen LogP contribution in [0.15, 0.2) is 78.9 Å². The number of aliphatic hydroxyl groups is 1. The first-order valence-corrected chi connectivity index (χ1v) is 11.4. The van der Waals surface area contributed by atoms with E-state index in [0.29, 0.717) is 6.42 Å². The highest BCUT2D eigenvalue weighted by atomic mass is 16.3. The molecule has 3 aromatic rings. The van der Waals surface area contributed by atoms with Crippen LogP contribution >= 0.6 is 0 Å². The van der Waals surface area contributed by atoms with Gasteiger partial charge < -0.3 is 10.0 Å². The lowest BCUT2D eigenvalue weighted by Crippen LogP contribution is -2.31. The van der Waals surface area contributed by atoms with E-state index in [2.05, 4.69) is 60.4 Å². The molecule has 1 saturated heterocycles. The molecule has 0 spiro atoms. The zero-order chi connectivity index (χ0) is 20.8. The summed E-state index contributed by atoms with van der Waals surface area (Å²) in [5.74, 6) is 0. The van der Waals surface area contributed by atoms with Crippen LogP contribution in [0.4, 0.5) is 5.69 Å². The largest absolute Gasteiger partial charge is 0.380 e. The topological polar surface area (TPSA) is 23.5 Å². The summed E-state index contributed by atoms with van der Waals surface area (Å²) in [6, 6.07) is 27.4. The molecule has 2 nitrogen and oxygen atoms in total. The Hall–Kier alpha value is -2.58. The molecule has 0 radical (unpaired) electrons. The fraction of sp³-hybridized carbons (Fsp3) is 0.357. The van der Waals surface area contributed by atoms with Crippen LogP contribution in [0, 0.1) is 0 Å². The number of hydrogen-bond donors (Lipinski definition) is 1. The van der Waals surface area contributed by atoms with Crippen molar-refractivity contribution in [2.24, 2.45) is 0 Å². The van der Waals surface area contributed by atoms with Crippen molar-refractivity contribution in [1.82, 2.24) is 0 Å². The van der Waals surface area contributed by atoms with E-state index in [1.807, 2.05) is 30.3 Å². The Labute approximate surface area is 181 Å². The van der Waals surface area contributed by atoms with Crippen molar-refractivity contribution in [2.45, 2.75) is 51.0 Å². The quantitative estimate of drug-likeness (QED) is 0.518. The number of aryl methyl sites for hydroxylation is 1. The maximum atomic E-state index is 12.0. The van der Waals surface area contributed by atoms with Gasteiger partial charge in [-0.05, 0) is 60.1 Å². The minimum atomic E-state index is -1.05. The summed E-state index contributed by atoms with van der Waals surface area (Å²) in [6.07, 6.45) is 6.68. The Balaban J connectivity index is 1.64. The normalized spacial score (nSPS) is 16.3. The lowest BCUT2D eigenvalue weighted by molar-refractivity contribution is 0.0811. The Bertz CT molecular complexity index is 911. The van der Waals surface area contributed by atoms with Gasteiger partial charge in [-0.25, -0.2) is 0 Å². The van der Waals surface area contributed by atoms with Crippen molar-refractivity contribution >= 4 is 5.69 Å². The van der Waals surface area contributed by atoms with Crippen molar-refractivity contribution in [1.29, 1.82) is 0 Å². The molecule has 0 saturated carbocycles. The molecule has 1 N–H and O–H groups in total. The molecule has 1 aliphatic heterocycles. The average Bonchev–Trinajstić information content (AvgIpc) is 2.82. The number of rotatable bonds is 7. The minimum absolute atomic E-state index is 0.562. The summed E-state index contributed by atoms with van der Waals surface area (Å²) in [4.78, 5) is 2.46. The molecular weight excluding hydrogens is 366 g/mol. The molecule has 1 fully saturated rings. The van der Waals surface area contributed by atoms with Crippen LogP contribution in [0.1, 0.15) is 54.9 Å². The fourth-order valence-corrected chi connectivity index (χ4v) is 4.59. The van der Waals surface area contributed by atoms with Gasteiger partial charge in [0.2, 0.25) is 0 Å². The maximum absolute atomic E-state index is 12.0. The summed E-state index contributed by atoms with van der Waals surface area (Å²) in [5, 5.41) is 12.0. The van der Waals surface area contributed by atoms with Gasteiger partial charge in [0.1, 0.15) is 5.60 Å². The van der Waals surface area contributed by atoms with Gasteiger partial charge in [-0.3, -0.25) is 0 Å². The molecule has 0 aliphatic carbocycles. The average molecular weight is 400 g/mol. The monoisotopic (exact) mass is 399 g/mol. The standard InChI is InChI=1S/C28H33NO/c1-2-9-23-12-14-24(15-13-23)22-28(30,25-10-5-3-6-11-25)26-16-18-27(19-17-26)29-20-7-4-8-21-29/h3,5-6,10-19,30H,2,4,7-9,20-22H2,1H3. The van der Waals surface area contributed by atoms with Crippen molar-refractivity contribution in [3.63, 3.8) is 0 Å². The van der Waals surface area contributed by atoms with Crippen LogP contribution in [-0.4, -0.2) is 18.2 Å². The van der Waals surface area contributed by atoms with Crippen LogP contribution < -0.4 is 4.90 Å². The zero-order valence-electron chi connectivity index (χ0n) is 18.1. The molecule has 1 aliphatic rings. The molecule has 0 aromatic heterocycles. The van der Waals surface area contributed by atoms with Crippen LogP contribution in [0.5, 0.6) is 0 Å². The molecule has 0 amide bonds. The van der Waals surface area contributed by atoms with Crippen molar-refractivity contribution in [3.05, 3.63) is 101 Å². The summed E-state index contributed by atoms with van der Waals surface area (Å²) < 4.78 is 0. The molecule has 156 valence electrons. The first-order valence-electron chi connectivity index (χ1n) is 11.4. The first kappa shape index (κ1) is 20.7. The van der Waals surface area contributed by atoms with E-state index < -0.39 is 5.60 Å². The van der Waals surface area contributed by atoms with E-state index in [9.17, 15) is 5.11 Å². The number of benzene rings is 3. The molecule has 3 aromatic carbocycles. The minimum Gasteiger partial charge on any atom is -0.380 e. The summed E-state index contributed by atoms with van der Waals surface area (Å²) in [5.41, 5.74) is 4.61. The highest BCUT2D eigenvalue weighted by Gasteiger charge is 2.32. The van der Waals surface area contributed by atoms with Gasteiger partial charge in [-0.15, -0.1) is 0 Å². The maximum Gasteiger partial charge on any atom is 0.119 e. The van der Waals surface area contributed by atoms with Gasteiger partial charge in [0, 0.05) is 25.2 Å². The Morgan fingerprint density at radius 3 is 1.97 bits per heavy atom. The van der Waals surface area contributed by atoms with Gasteiger partial charge in [-0.1, -0.05) is 80.1 Å². The first-order chi connectivity index (χ1) is 14.7. The Morgan fingerprint density at radius 1 is 0.733 bits per heavy atom. The SMILES string of the molecule is CCCc1ccc(CC(O)(c2ccccc2)c2ccc(N3CCCCC3)cc2)cc1. The lowest BCUT2D eigenvalue weighted by atomic mass is 9.81. The third-order valence-electron chi connectivity index (χ3n) is 6.34. The van der Waals surface area contributed by atoms with Crippen LogP contribution in [-0.2, 0) is 18.4 Å². The fourth-order valence-electron chi connectivity index (χ4n) is 4.59. The van der Waals surface area contributed by atoms with Gasteiger partial charge in [0.05, 0.1) is 0 Å². The molecular formula is C28H33NO. The second-order valence-corrected chi connectivity index (χ2v) is 8.56. The molecule has 1 unspecified atom stereocenters. The summed E-state index contributed by atoms with van der Waals surface area (Å²) >= 11 is 0. The van der Waals surface area contributed by atoms with Crippen LogP contribution in [0.2, 0.25) is 0 Å². The molecule has 2 heteroatoms. The van der Waals surface area contributed by atoms with E-state index in [1.54, 1.807) is 0 Å². The van der Waals surface area contributed by atoms with E-state index in [-0.39, 0.29) is 0 Å². The highest BCUT2D eigenvalue weighted by molar-refractivity contribution is 5.50. The second kappa shape index (κ2) is 9.49. The van der Waals surface area contributed by atoms with Crippen LogP contribution in [0.25, 0.3) is 0 Å². The van der Waals surface area contributed by atoms with Gasteiger partial charge in [0.25, 0.3) is 0 Å². The molecule has 30 heavy (non-hydrogen) atoms. The third-order valence-corrected chi connectivity index (χ3v) is 6.34. The number of piperidine rings is 1. The van der Waals surface area contributed by atoms with Crippen LogP contribution in [0.3, 0.4) is 0 Å². The van der Waals surface area contributed by atoms with Crippen molar-refractivity contribution in [3.8, 4) is 0 Å². The van der Waals surface area contributed by atoms with E-state index in [1.165, 1.54) is 30.5 Å². The number of hydrogen-bond acceptors (Lipinski definition) is 2. The molecule has 1 heterocycles. The lowest BCUT2D eigenvalue weighted by Gasteiger charge is -2.32. The summed E-state index contributed by atoms with van der Waals surface area (Å²) in [7, 11) is 0. The molecule has 4 rings (SSSR count). The Morgan fingerprint density at radius 2 is 1.33 bits per heavy atom. The zero-order valence-corrected chi connectivity index (χ0v) is 18.1. The van der Waals surface area contributed by atoms with Gasteiger partial charge >= 0.3 is 0 Å². The predicted molar refractivity (Wildman–Crippen MR) is 126 cm³/mol. The third kappa shape index (κ3) is 4.60. The predicted octanol–water partition coefficient (Wildman–Crippen LogP) is 6.11. The molecule has 0 bridgehead atoms. The van der Waals surface area contributed by atoms with Gasteiger partial charge in [-0.2, -0.15) is 0 Å². The number of anilines is 1. The molecule has 1 atom stereocenters. The van der Waals surface area contributed by atoms with Crippen molar-refractivity contribution < 1.29 is 5.11 Å². The van der Waals surface area contributed by atoms with E-state index in [0.717, 1.165) is 42.6 Å². The highest BCUT2D eigenvalue weighted by Crippen LogP contribution is 2.34.